The van der Waals surface area contributed by atoms with Gasteiger partial charge in [-0.3, -0.25) is 14.9 Å². The lowest BCUT2D eigenvalue weighted by atomic mass is 10.0. The van der Waals surface area contributed by atoms with E-state index in [2.05, 4.69) is 30.5 Å². The summed E-state index contributed by atoms with van der Waals surface area (Å²) in [5.41, 5.74) is 6.05. The van der Waals surface area contributed by atoms with E-state index in [9.17, 15) is 9.18 Å². The molecule has 9 heteroatoms. The second-order valence-electron chi connectivity index (χ2n) is 9.06. The summed E-state index contributed by atoms with van der Waals surface area (Å²) in [6, 6.07) is 16.1. The fourth-order valence-corrected chi connectivity index (χ4v) is 4.25. The number of nitrogens with one attached hydrogen (secondary N) is 3. The molecule has 4 heterocycles. The molecule has 0 spiro atoms. The van der Waals surface area contributed by atoms with E-state index in [0.29, 0.717) is 39.5 Å². The number of nitrogens with zero attached hydrogens (tertiary/aromatic N) is 4. The van der Waals surface area contributed by atoms with Gasteiger partial charge < -0.3 is 10.3 Å². The minimum Gasteiger partial charge on any atom is -0.324 e. The summed E-state index contributed by atoms with van der Waals surface area (Å²) in [5.74, 6) is -0.00828. The molecule has 0 aliphatic rings. The van der Waals surface area contributed by atoms with Gasteiger partial charge in [-0.15, -0.1) is 0 Å². The standard InChI is InChI=1S/C28H22FN7O/c1-15(2)28(37)32-18-11-17(13-30-14-18)16-7-8-23-21(12-16)25(36-35-23)27-33-24-20(9-10-31-26(24)34-27)19-5-3-4-6-22(19)29/h3-15H,1-2H3,(H,32,37)(H,35,36)(H,31,33,34). The fourth-order valence-electron chi connectivity index (χ4n) is 4.25. The van der Waals surface area contributed by atoms with Gasteiger partial charge in [0.05, 0.1) is 17.4 Å². The molecule has 2 aromatic carbocycles. The summed E-state index contributed by atoms with van der Waals surface area (Å²) < 4.78 is 14.5. The molecular weight excluding hydrogens is 469 g/mol. The predicted molar refractivity (Wildman–Crippen MR) is 141 cm³/mol. The van der Waals surface area contributed by atoms with Crippen LogP contribution >= 0.6 is 0 Å². The second kappa shape index (κ2) is 8.94. The summed E-state index contributed by atoms with van der Waals surface area (Å²) in [6.45, 7) is 3.68. The van der Waals surface area contributed by atoms with Crippen LogP contribution in [0, 0.1) is 11.7 Å². The van der Waals surface area contributed by atoms with E-state index in [1.807, 2.05) is 38.1 Å². The Bertz CT molecular complexity index is 1790. The van der Waals surface area contributed by atoms with Gasteiger partial charge in [0, 0.05) is 40.4 Å². The number of carbonyl (C=O) groups is 1. The normalized spacial score (nSPS) is 11.5. The van der Waals surface area contributed by atoms with E-state index in [4.69, 9.17) is 4.98 Å². The quantitative estimate of drug-likeness (QED) is 0.275. The molecule has 4 aromatic heterocycles. The Labute approximate surface area is 211 Å². The van der Waals surface area contributed by atoms with Crippen LogP contribution in [0.2, 0.25) is 0 Å². The summed E-state index contributed by atoms with van der Waals surface area (Å²) in [5, 5.41) is 11.3. The fraction of sp³-hybridized carbons (Fsp3) is 0.107. The van der Waals surface area contributed by atoms with Crippen LogP contribution in [-0.4, -0.2) is 36.0 Å². The summed E-state index contributed by atoms with van der Waals surface area (Å²) in [6.07, 6.45) is 5.00. The van der Waals surface area contributed by atoms with Crippen molar-refractivity contribution in [3.05, 3.63) is 79.0 Å². The van der Waals surface area contributed by atoms with Gasteiger partial charge in [-0.05, 0) is 35.9 Å². The van der Waals surface area contributed by atoms with Gasteiger partial charge in [0.25, 0.3) is 0 Å². The van der Waals surface area contributed by atoms with Crippen molar-refractivity contribution in [3.63, 3.8) is 0 Å². The number of carbonyl (C=O) groups excluding carboxylic acids is 1. The van der Waals surface area contributed by atoms with Crippen molar-refractivity contribution in [2.45, 2.75) is 13.8 Å². The van der Waals surface area contributed by atoms with Crippen LogP contribution in [0.4, 0.5) is 10.1 Å². The highest BCUT2D eigenvalue weighted by molar-refractivity contribution is 5.98. The van der Waals surface area contributed by atoms with Crippen LogP contribution in [0.15, 0.2) is 73.2 Å². The van der Waals surface area contributed by atoms with E-state index >= 15 is 0 Å². The molecule has 6 rings (SSSR count). The molecule has 3 N–H and O–H groups in total. The lowest BCUT2D eigenvalue weighted by Crippen LogP contribution is -2.17. The van der Waals surface area contributed by atoms with Gasteiger partial charge in [-0.25, -0.2) is 14.4 Å². The van der Waals surface area contributed by atoms with Gasteiger partial charge in [0.1, 0.15) is 17.0 Å². The molecule has 0 bridgehead atoms. The number of aromatic amines is 2. The van der Waals surface area contributed by atoms with Crippen LogP contribution in [0.5, 0.6) is 0 Å². The van der Waals surface area contributed by atoms with E-state index in [1.165, 1.54) is 6.07 Å². The number of imidazole rings is 1. The lowest BCUT2D eigenvalue weighted by molar-refractivity contribution is -0.118. The predicted octanol–water partition coefficient (Wildman–Crippen LogP) is 5.96. The van der Waals surface area contributed by atoms with Crippen molar-refractivity contribution in [2.24, 2.45) is 5.92 Å². The monoisotopic (exact) mass is 491 g/mol. The Morgan fingerprint density at radius 3 is 2.70 bits per heavy atom. The Kier molecular flexibility index (Phi) is 5.45. The molecule has 37 heavy (non-hydrogen) atoms. The van der Waals surface area contributed by atoms with Gasteiger partial charge in [0.15, 0.2) is 11.5 Å². The van der Waals surface area contributed by atoms with Crippen molar-refractivity contribution >= 4 is 33.7 Å². The highest BCUT2D eigenvalue weighted by Gasteiger charge is 2.18. The van der Waals surface area contributed by atoms with Gasteiger partial charge in [0.2, 0.25) is 5.91 Å². The van der Waals surface area contributed by atoms with Crippen LogP contribution in [0.1, 0.15) is 13.8 Å². The summed E-state index contributed by atoms with van der Waals surface area (Å²) in [7, 11) is 0. The summed E-state index contributed by atoms with van der Waals surface area (Å²) >= 11 is 0. The molecule has 0 fully saturated rings. The number of amides is 1. The molecule has 0 saturated heterocycles. The highest BCUT2D eigenvalue weighted by Crippen LogP contribution is 2.33. The molecule has 0 atom stereocenters. The van der Waals surface area contributed by atoms with Crippen molar-refractivity contribution in [1.29, 1.82) is 0 Å². The minimum absolute atomic E-state index is 0.0697. The number of benzene rings is 2. The number of pyridine rings is 2. The average molecular weight is 492 g/mol. The second-order valence-corrected chi connectivity index (χ2v) is 9.06. The first-order valence-electron chi connectivity index (χ1n) is 11.8. The largest absolute Gasteiger partial charge is 0.324 e. The first kappa shape index (κ1) is 22.5. The van der Waals surface area contributed by atoms with Crippen LogP contribution in [0.3, 0.4) is 0 Å². The third-order valence-corrected chi connectivity index (χ3v) is 6.20. The number of H-pyrrole nitrogens is 2. The van der Waals surface area contributed by atoms with Crippen molar-refractivity contribution in [3.8, 4) is 33.8 Å². The molecule has 6 aromatic rings. The maximum absolute atomic E-state index is 14.5. The lowest BCUT2D eigenvalue weighted by Gasteiger charge is -2.09. The third-order valence-electron chi connectivity index (χ3n) is 6.20. The number of aromatic nitrogens is 6. The summed E-state index contributed by atoms with van der Waals surface area (Å²) in [4.78, 5) is 28.8. The number of halogens is 1. The van der Waals surface area contributed by atoms with Crippen molar-refractivity contribution in [2.75, 3.05) is 5.32 Å². The molecule has 0 saturated carbocycles. The maximum atomic E-state index is 14.5. The number of hydrogen-bond acceptors (Lipinski definition) is 5. The van der Waals surface area contributed by atoms with Crippen molar-refractivity contribution < 1.29 is 9.18 Å². The number of anilines is 1. The molecule has 0 aliphatic carbocycles. The van der Waals surface area contributed by atoms with Crippen LogP contribution in [0.25, 0.3) is 55.8 Å². The molecule has 0 aliphatic heterocycles. The van der Waals surface area contributed by atoms with E-state index < -0.39 is 0 Å². The molecule has 0 radical (unpaired) electrons. The highest BCUT2D eigenvalue weighted by atomic mass is 19.1. The molecular formula is C28H22FN7O. The maximum Gasteiger partial charge on any atom is 0.226 e. The van der Waals surface area contributed by atoms with E-state index in [0.717, 1.165) is 22.0 Å². The van der Waals surface area contributed by atoms with E-state index in [-0.39, 0.29) is 17.6 Å². The first-order chi connectivity index (χ1) is 18.0. The zero-order chi connectivity index (χ0) is 25.5. The molecule has 0 unspecified atom stereocenters. The average Bonchev–Trinajstić information content (AvgIpc) is 3.53. The third kappa shape index (κ3) is 4.10. The zero-order valence-electron chi connectivity index (χ0n) is 20.1. The van der Waals surface area contributed by atoms with Gasteiger partial charge >= 0.3 is 0 Å². The van der Waals surface area contributed by atoms with Gasteiger partial charge in [-0.2, -0.15) is 5.10 Å². The molecule has 182 valence electrons. The molecule has 1 amide bonds. The Balaban J connectivity index is 1.42. The molecule has 8 nitrogen and oxygen atoms in total. The van der Waals surface area contributed by atoms with Gasteiger partial charge in [-0.1, -0.05) is 38.1 Å². The minimum atomic E-state index is -0.324. The van der Waals surface area contributed by atoms with Crippen LogP contribution < -0.4 is 5.32 Å². The number of hydrogen-bond donors (Lipinski definition) is 3. The van der Waals surface area contributed by atoms with Crippen LogP contribution in [-0.2, 0) is 4.79 Å². The number of rotatable bonds is 5. The zero-order valence-corrected chi connectivity index (χ0v) is 20.1. The van der Waals surface area contributed by atoms with E-state index in [1.54, 1.807) is 42.9 Å². The topological polar surface area (TPSA) is 112 Å². The Morgan fingerprint density at radius 1 is 1.00 bits per heavy atom. The van der Waals surface area contributed by atoms with Crippen molar-refractivity contribution in [1.82, 2.24) is 30.1 Å². The Hall–Kier alpha value is -4.92. The SMILES string of the molecule is CC(C)C(=O)Nc1cncc(-c2ccc3[nH]nc(-c4nc5c(-c6ccccc6F)ccnc5[nH]4)c3c2)c1. The smallest absolute Gasteiger partial charge is 0.226 e. The Morgan fingerprint density at radius 2 is 1.86 bits per heavy atom. The number of fused-ring (bicyclic) bond motifs is 2. The first-order valence-corrected chi connectivity index (χ1v) is 11.8.